The van der Waals surface area contributed by atoms with E-state index in [1.54, 1.807) is 17.8 Å². The lowest BCUT2D eigenvalue weighted by Gasteiger charge is -2.04. The molecule has 2 aromatic rings. The van der Waals surface area contributed by atoms with Crippen molar-refractivity contribution in [3.8, 4) is 0 Å². The molecule has 0 fully saturated rings. The van der Waals surface area contributed by atoms with Crippen molar-refractivity contribution in [1.29, 1.82) is 0 Å². The van der Waals surface area contributed by atoms with E-state index in [9.17, 15) is 0 Å². The van der Waals surface area contributed by atoms with Crippen LogP contribution < -0.4 is 0 Å². The molecule has 2 nitrogen and oxygen atoms in total. The van der Waals surface area contributed by atoms with Gasteiger partial charge in [-0.3, -0.25) is 0 Å². The molecule has 18 heavy (non-hydrogen) atoms. The van der Waals surface area contributed by atoms with Crippen LogP contribution in [-0.2, 0) is 11.5 Å². The molecule has 1 aromatic carbocycles. The molecule has 0 saturated heterocycles. The number of hydrogen-bond acceptors (Lipinski definition) is 3. The van der Waals surface area contributed by atoms with Crippen LogP contribution in [0.25, 0.3) is 0 Å². The molecule has 1 heterocycles. The zero-order valence-electron chi connectivity index (χ0n) is 9.86. The fourth-order valence-corrected chi connectivity index (χ4v) is 2.94. The Hall–Kier alpha value is -0.770. The summed E-state index contributed by atoms with van der Waals surface area (Å²) in [6.45, 7) is 1.91. The van der Waals surface area contributed by atoms with Gasteiger partial charge in [-0.1, -0.05) is 41.4 Å². The third-order valence-electron chi connectivity index (χ3n) is 2.32. The van der Waals surface area contributed by atoms with Crippen LogP contribution in [0.5, 0.6) is 0 Å². The first-order chi connectivity index (χ1) is 8.65. The number of halogens is 2. The second-order valence-electron chi connectivity index (χ2n) is 3.83. The van der Waals surface area contributed by atoms with Crippen LogP contribution in [0.15, 0.2) is 30.3 Å². The molecule has 0 aliphatic heterocycles. The van der Waals surface area contributed by atoms with Crippen molar-refractivity contribution < 1.29 is 0 Å². The van der Waals surface area contributed by atoms with Gasteiger partial charge in [0.2, 0.25) is 0 Å². The van der Waals surface area contributed by atoms with Crippen molar-refractivity contribution in [2.45, 2.75) is 18.4 Å². The van der Waals surface area contributed by atoms with Crippen LogP contribution in [-0.4, -0.2) is 9.97 Å². The van der Waals surface area contributed by atoms with E-state index < -0.39 is 0 Å². The van der Waals surface area contributed by atoms with Crippen molar-refractivity contribution >= 4 is 35.0 Å². The first-order valence-electron chi connectivity index (χ1n) is 5.46. The van der Waals surface area contributed by atoms with Gasteiger partial charge >= 0.3 is 0 Å². The predicted molar refractivity (Wildman–Crippen MR) is 78.2 cm³/mol. The van der Waals surface area contributed by atoms with Gasteiger partial charge in [-0.05, 0) is 24.6 Å². The number of nitrogens with zero attached hydrogens (tertiary/aromatic N) is 2. The van der Waals surface area contributed by atoms with E-state index >= 15 is 0 Å². The van der Waals surface area contributed by atoms with E-state index in [-0.39, 0.29) is 0 Å². The second-order valence-corrected chi connectivity index (χ2v) is 5.61. The van der Waals surface area contributed by atoms with Gasteiger partial charge in [0.05, 0.1) is 5.75 Å². The maximum atomic E-state index is 6.09. The lowest BCUT2D eigenvalue weighted by atomic mass is 10.2. The summed E-state index contributed by atoms with van der Waals surface area (Å²) >= 11 is 13.7. The predicted octanol–water partition coefficient (Wildman–Crippen LogP) is 4.53. The van der Waals surface area contributed by atoms with E-state index in [1.165, 1.54) is 0 Å². The monoisotopic (exact) mass is 298 g/mol. The number of benzene rings is 1. The number of thioether (sulfide) groups is 1. The summed E-state index contributed by atoms with van der Waals surface area (Å²) in [6, 6.07) is 9.60. The Balaban J connectivity index is 1.94. The van der Waals surface area contributed by atoms with Gasteiger partial charge < -0.3 is 0 Å². The first kappa shape index (κ1) is 13.7. The van der Waals surface area contributed by atoms with Gasteiger partial charge in [-0.15, -0.1) is 11.8 Å². The van der Waals surface area contributed by atoms with Crippen molar-refractivity contribution in [2.75, 3.05) is 0 Å². The standard InChI is InChI=1S/C13H12Cl2N2S/c1-9-6-12(15)17-13(16-9)8-18-7-10-4-2-3-5-11(10)14/h2-6H,7-8H2,1H3. The van der Waals surface area contributed by atoms with Crippen LogP contribution in [0.4, 0.5) is 0 Å². The molecule has 0 spiro atoms. The molecule has 0 aliphatic rings. The maximum absolute atomic E-state index is 6.09. The molecule has 0 atom stereocenters. The highest BCUT2D eigenvalue weighted by atomic mass is 35.5. The highest BCUT2D eigenvalue weighted by Crippen LogP contribution is 2.22. The number of aryl methyl sites for hydroxylation is 1. The number of hydrogen-bond donors (Lipinski definition) is 0. The molecule has 0 saturated carbocycles. The Labute approximate surface area is 121 Å². The molecular formula is C13H12Cl2N2S. The molecule has 0 unspecified atom stereocenters. The highest BCUT2D eigenvalue weighted by Gasteiger charge is 2.03. The Morgan fingerprint density at radius 2 is 1.89 bits per heavy atom. The van der Waals surface area contributed by atoms with Crippen LogP contribution in [0, 0.1) is 6.92 Å². The minimum absolute atomic E-state index is 0.496. The van der Waals surface area contributed by atoms with E-state index in [4.69, 9.17) is 23.2 Å². The fourth-order valence-electron chi connectivity index (χ4n) is 1.52. The third kappa shape index (κ3) is 3.87. The van der Waals surface area contributed by atoms with E-state index in [0.29, 0.717) is 5.15 Å². The maximum Gasteiger partial charge on any atom is 0.140 e. The number of rotatable bonds is 4. The molecule has 94 valence electrons. The topological polar surface area (TPSA) is 25.8 Å². The summed E-state index contributed by atoms with van der Waals surface area (Å²) < 4.78 is 0. The summed E-state index contributed by atoms with van der Waals surface area (Å²) in [5, 5.41) is 1.30. The minimum atomic E-state index is 0.496. The van der Waals surface area contributed by atoms with Crippen LogP contribution in [0.2, 0.25) is 10.2 Å². The van der Waals surface area contributed by atoms with Gasteiger partial charge in [0, 0.05) is 16.5 Å². The molecule has 2 rings (SSSR count). The molecule has 0 aliphatic carbocycles. The highest BCUT2D eigenvalue weighted by molar-refractivity contribution is 7.97. The Morgan fingerprint density at radius 3 is 2.61 bits per heavy atom. The Bertz CT molecular complexity index is 526. The summed E-state index contributed by atoms with van der Waals surface area (Å²) in [6.07, 6.45) is 0. The van der Waals surface area contributed by atoms with Gasteiger partial charge in [0.15, 0.2) is 0 Å². The SMILES string of the molecule is Cc1cc(Cl)nc(CSCc2ccccc2Cl)n1. The molecular weight excluding hydrogens is 287 g/mol. The van der Waals surface area contributed by atoms with Crippen molar-refractivity contribution in [3.63, 3.8) is 0 Å². The van der Waals surface area contributed by atoms with Crippen molar-refractivity contribution in [3.05, 3.63) is 57.6 Å². The first-order valence-corrected chi connectivity index (χ1v) is 7.37. The van der Waals surface area contributed by atoms with Crippen molar-refractivity contribution in [1.82, 2.24) is 9.97 Å². The average molecular weight is 299 g/mol. The Kier molecular flexibility index (Phi) is 4.87. The van der Waals surface area contributed by atoms with Gasteiger partial charge in [0.1, 0.15) is 11.0 Å². The van der Waals surface area contributed by atoms with E-state index in [1.807, 2.05) is 31.2 Å². The molecule has 1 aromatic heterocycles. The second kappa shape index (κ2) is 6.41. The molecule has 0 radical (unpaired) electrons. The van der Waals surface area contributed by atoms with E-state index in [0.717, 1.165) is 33.6 Å². The molecule has 0 bridgehead atoms. The Morgan fingerprint density at radius 1 is 1.11 bits per heavy atom. The fraction of sp³-hybridized carbons (Fsp3) is 0.231. The lowest BCUT2D eigenvalue weighted by Crippen LogP contribution is -1.95. The van der Waals surface area contributed by atoms with Gasteiger partial charge in [-0.25, -0.2) is 9.97 Å². The molecule has 0 N–H and O–H groups in total. The van der Waals surface area contributed by atoms with Gasteiger partial charge in [0.25, 0.3) is 0 Å². The lowest BCUT2D eigenvalue weighted by molar-refractivity contribution is 0.996. The van der Waals surface area contributed by atoms with Crippen LogP contribution in [0.1, 0.15) is 17.1 Å². The average Bonchev–Trinajstić information content (AvgIpc) is 2.30. The summed E-state index contributed by atoms with van der Waals surface area (Å²) in [5.74, 6) is 2.33. The van der Waals surface area contributed by atoms with Crippen molar-refractivity contribution in [2.24, 2.45) is 0 Å². The third-order valence-corrected chi connectivity index (χ3v) is 3.86. The molecule has 0 amide bonds. The minimum Gasteiger partial charge on any atom is -0.237 e. The smallest absolute Gasteiger partial charge is 0.140 e. The normalized spacial score (nSPS) is 10.6. The zero-order valence-corrected chi connectivity index (χ0v) is 12.2. The summed E-state index contributed by atoms with van der Waals surface area (Å²) in [7, 11) is 0. The summed E-state index contributed by atoms with van der Waals surface area (Å²) in [5.41, 5.74) is 2.02. The largest absolute Gasteiger partial charge is 0.237 e. The van der Waals surface area contributed by atoms with Crippen LogP contribution >= 0.6 is 35.0 Å². The van der Waals surface area contributed by atoms with Gasteiger partial charge in [-0.2, -0.15) is 0 Å². The molecule has 5 heteroatoms. The zero-order chi connectivity index (χ0) is 13.0. The summed E-state index contributed by atoms with van der Waals surface area (Å²) in [4.78, 5) is 8.53. The van der Waals surface area contributed by atoms with Crippen LogP contribution in [0.3, 0.4) is 0 Å². The quantitative estimate of drug-likeness (QED) is 0.776. The van der Waals surface area contributed by atoms with E-state index in [2.05, 4.69) is 9.97 Å². The number of aromatic nitrogens is 2.